The van der Waals surface area contributed by atoms with Gasteiger partial charge in [0.2, 0.25) is 0 Å². The second-order valence-corrected chi connectivity index (χ2v) is 11.0. The number of hydrogen-bond donors (Lipinski definition) is 1. The molecule has 1 aromatic carbocycles. The zero-order valence-corrected chi connectivity index (χ0v) is 18.2. The Morgan fingerprint density at radius 1 is 1.30 bits per heavy atom. The Labute approximate surface area is 163 Å². The first kappa shape index (κ1) is 21.5. The number of aliphatic imine (C=N–C) groups is 1. The van der Waals surface area contributed by atoms with Gasteiger partial charge in [-0.05, 0) is 38.5 Å². The number of benzene rings is 1. The van der Waals surface area contributed by atoms with Crippen molar-refractivity contribution in [2.45, 2.75) is 44.8 Å². The first-order valence-electron chi connectivity index (χ1n) is 9.42. The molecule has 1 aliphatic heterocycles. The highest BCUT2D eigenvalue weighted by molar-refractivity contribution is 7.92. The molecular weight excluding hydrogens is 362 g/mol. The van der Waals surface area contributed by atoms with Crippen LogP contribution in [0.2, 0.25) is 0 Å². The Kier molecular flexibility index (Phi) is 6.45. The van der Waals surface area contributed by atoms with Crippen molar-refractivity contribution >= 4 is 15.8 Å². The number of ether oxygens (including phenoxy) is 1. The van der Waals surface area contributed by atoms with Crippen molar-refractivity contribution in [1.29, 1.82) is 0 Å². The van der Waals surface area contributed by atoms with Crippen LogP contribution in [0.4, 0.5) is 0 Å². The molecule has 0 unspecified atom stereocenters. The molecule has 27 heavy (non-hydrogen) atoms. The summed E-state index contributed by atoms with van der Waals surface area (Å²) >= 11 is 0. The highest BCUT2D eigenvalue weighted by Gasteiger charge is 2.41. The highest BCUT2D eigenvalue weighted by Crippen LogP contribution is 2.27. The molecule has 0 amide bonds. The number of hydrogen-bond acceptors (Lipinski definition) is 4. The lowest BCUT2D eigenvalue weighted by Gasteiger charge is -2.39. The van der Waals surface area contributed by atoms with E-state index in [1.165, 1.54) is 5.56 Å². The fourth-order valence-corrected chi connectivity index (χ4v) is 4.52. The molecule has 1 heterocycles. The third kappa shape index (κ3) is 4.94. The van der Waals surface area contributed by atoms with Crippen molar-refractivity contribution in [1.82, 2.24) is 10.2 Å². The molecule has 1 aliphatic rings. The van der Waals surface area contributed by atoms with Gasteiger partial charge in [0.15, 0.2) is 15.8 Å². The Balaban J connectivity index is 2.19. The van der Waals surface area contributed by atoms with Gasteiger partial charge in [0.05, 0.1) is 24.2 Å². The van der Waals surface area contributed by atoms with E-state index in [0.29, 0.717) is 19.6 Å². The van der Waals surface area contributed by atoms with E-state index in [9.17, 15) is 8.42 Å². The summed E-state index contributed by atoms with van der Waals surface area (Å²) in [6, 6.07) is 8.06. The number of nitrogens with zero attached hydrogens (tertiary/aromatic N) is 2. The molecule has 0 aromatic heterocycles. The summed E-state index contributed by atoms with van der Waals surface area (Å²) in [6.45, 7) is 12.2. The second kappa shape index (κ2) is 8.09. The van der Waals surface area contributed by atoms with Crippen molar-refractivity contribution in [2.24, 2.45) is 4.99 Å². The SMILES string of the molecule is CCNC(=NCC(C)(C)c1ccc(OC)cc1)N1CCS(=O)(=O)C(C)(C)C1. The summed E-state index contributed by atoms with van der Waals surface area (Å²) in [4.78, 5) is 6.91. The summed E-state index contributed by atoms with van der Waals surface area (Å²) in [7, 11) is -1.41. The Hall–Kier alpha value is -1.76. The van der Waals surface area contributed by atoms with Gasteiger partial charge in [0.1, 0.15) is 5.75 Å². The molecule has 7 heteroatoms. The van der Waals surface area contributed by atoms with E-state index >= 15 is 0 Å². The summed E-state index contributed by atoms with van der Waals surface area (Å²) in [5.41, 5.74) is 1.04. The van der Waals surface area contributed by atoms with E-state index in [-0.39, 0.29) is 11.2 Å². The van der Waals surface area contributed by atoms with Crippen LogP contribution in [0, 0.1) is 0 Å². The van der Waals surface area contributed by atoms with Gasteiger partial charge >= 0.3 is 0 Å². The third-order valence-corrected chi connectivity index (χ3v) is 7.71. The molecule has 0 aliphatic carbocycles. The maximum absolute atomic E-state index is 12.3. The van der Waals surface area contributed by atoms with Crippen LogP contribution < -0.4 is 10.1 Å². The number of guanidine groups is 1. The first-order chi connectivity index (χ1) is 12.5. The fourth-order valence-electron chi connectivity index (χ4n) is 3.16. The van der Waals surface area contributed by atoms with Crippen LogP contribution in [0.3, 0.4) is 0 Å². The number of rotatable bonds is 5. The number of sulfone groups is 1. The lowest BCUT2D eigenvalue weighted by molar-refractivity contribution is 0.352. The molecule has 2 rings (SSSR count). The summed E-state index contributed by atoms with van der Waals surface area (Å²) in [5.74, 6) is 1.77. The van der Waals surface area contributed by atoms with Crippen LogP contribution in [-0.4, -0.2) is 63.1 Å². The quantitative estimate of drug-likeness (QED) is 0.612. The smallest absolute Gasteiger partial charge is 0.194 e. The number of methoxy groups -OCH3 is 1. The molecule has 0 atom stereocenters. The topological polar surface area (TPSA) is 71.0 Å². The van der Waals surface area contributed by atoms with Gasteiger partial charge < -0.3 is 15.0 Å². The molecule has 1 saturated heterocycles. The van der Waals surface area contributed by atoms with Gasteiger partial charge in [-0.2, -0.15) is 0 Å². The molecule has 1 N–H and O–H groups in total. The first-order valence-corrected chi connectivity index (χ1v) is 11.1. The Morgan fingerprint density at radius 2 is 1.93 bits per heavy atom. The van der Waals surface area contributed by atoms with Gasteiger partial charge in [-0.15, -0.1) is 0 Å². The van der Waals surface area contributed by atoms with E-state index in [0.717, 1.165) is 18.3 Å². The second-order valence-electron chi connectivity index (χ2n) is 8.28. The van der Waals surface area contributed by atoms with E-state index in [4.69, 9.17) is 9.73 Å². The fraction of sp³-hybridized carbons (Fsp3) is 0.650. The lowest BCUT2D eigenvalue weighted by atomic mass is 9.85. The Bertz CT molecular complexity index is 768. The molecule has 6 nitrogen and oxygen atoms in total. The standard InChI is InChI=1S/C20H33N3O3S/c1-7-21-18(23-12-13-27(24,25)20(4,5)15-23)22-14-19(2,3)16-8-10-17(26-6)11-9-16/h8-11H,7,12-15H2,1-6H3,(H,21,22). The van der Waals surface area contributed by atoms with Crippen LogP contribution in [-0.2, 0) is 15.3 Å². The van der Waals surface area contributed by atoms with E-state index in [1.54, 1.807) is 21.0 Å². The minimum atomic E-state index is -3.07. The average Bonchev–Trinajstić information content (AvgIpc) is 2.61. The van der Waals surface area contributed by atoms with Gasteiger partial charge in [-0.3, -0.25) is 4.99 Å². The van der Waals surface area contributed by atoms with Gasteiger partial charge in [-0.25, -0.2) is 8.42 Å². The van der Waals surface area contributed by atoms with Gasteiger partial charge in [0.25, 0.3) is 0 Å². The molecular formula is C20H33N3O3S. The van der Waals surface area contributed by atoms with Crippen molar-refractivity contribution < 1.29 is 13.2 Å². The van der Waals surface area contributed by atoms with Crippen molar-refractivity contribution in [2.75, 3.05) is 39.0 Å². The monoisotopic (exact) mass is 395 g/mol. The molecule has 0 saturated carbocycles. The summed E-state index contributed by atoms with van der Waals surface area (Å²) < 4.78 is 29.0. The van der Waals surface area contributed by atoms with E-state index in [1.807, 2.05) is 19.1 Å². The van der Waals surface area contributed by atoms with Gasteiger partial charge in [-0.1, -0.05) is 26.0 Å². The van der Waals surface area contributed by atoms with Crippen LogP contribution >= 0.6 is 0 Å². The average molecular weight is 396 g/mol. The van der Waals surface area contributed by atoms with Crippen LogP contribution in [0.15, 0.2) is 29.3 Å². The summed E-state index contributed by atoms with van der Waals surface area (Å²) in [6.07, 6.45) is 0. The van der Waals surface area contributed by atoms with E-state index < -0.39 is 14.6 Å². The zero-order valence-electron chi connectivity index (χ0n) is 17.4. The van der Waals surface area contributed by atoms with Crippen molar-refractivity contribution in [3.05, 3.63) is 29.8 Å². The number of nitrogens with one attached hydrogen (secondary N) is 1. The van der Waals surface area contributed by atoms with E-state index in [2.05, 4.69) is 36.2 Å². The summed E-state index contributed by atoms with van der Waals surface area (Å²) in [5, 5.41) is 3.32. The minimum Gasteiger partial charge on any atom is -0.497 e. The molecule has 1 aromatic rings. The van der Waals surface area contributed by atoms with Crippen LogP contribution in [0.1, 0.15) is 40.2 Å². The highest BCUT2D eigenvalue weighted by atomic mass is 32.2. The van der Waals surface area contributed by atoms with Crippen molar-refractivity contribution in [3.63, 3.8) is 0 Å². The van der Waals surface area contributed by atoms with Crippen LogP contribution in [0.5, 0.6) is 5.75 Å². The third-order valence-electron chi connectivity index (χ3n) is 5.17. The van der Waals surface area contributed by atoms with Gasteiger partial charge in [0, 0.05) is 25.0 Å². The lowest BCUT2D eigenvalue weighted by Crippen LogP contribution is -2.57. The predicted octanol–water partition coefficient (Wildman–Crippen LogP) is 2.45. The molecule has 0 bridgehead atoms. The molecule has 152 valence electrons. The maximum atomic E-state index is 12.3. The maximum Gasteiger partial charge on any atom is 0.194 e. The largest absolute Gasteiger partial charge is 0.497 e. The van der Waals surface area contributed by atoms with Crippen molar-refractivity contribution in [3.8, 4) is 5.75 Å². The molecule has 1 fully saturated rings. The molecule has 0 spiro atoms. The normalized spacial score (nSPS) is 19.6. The predicted molar refractivity (Wildman–Crippen MR) is 111 cm³/mol. The Morgan fingerprint density at radius 3 is 2.44 bits per heavy atom. The minimum absolute atomic E-state index is 0.148. The zero-order chi connectivity index (χ0) is 20.3. The van der Waals surface area contributed by atoms with Crippen LogP contribution in [0.25, 0.3) is 0 Å². The molecule has 0 radical (unpaired) electrons.